The molecule has 0 aliphatic heterocycles. The summed E-state index contributed by atoms with van der Waals surface area (Å²) < 4.78 is 24.1. The van der Waals surface area contributed by atoms with Crippen LogP contribution in [-0.4, -0.2) is 35.7 Å². The smallest absolute Gasteiger partial charge is 0.240 e. The second-order valence-electron chi connectivity index (χ2n) is 7.50. The first-order valence-corrected chi connectivity index (χ1v) is 9.17. The van der Waals surface area contributed by atoms with Crippen molar-refractivity contribution in [3.63, 3.8) is 0 Å². The zero-order chi connectivity index (χ0) is 19.7. The van der Waals surface area contributed by atoms with Crippen molar-refractivity contribution in [3.05, 3.63) is 42.0 Å². The van der Waals surface area contributed by atoms with Gasteiger partial charge in [0.2, 0.25) is 11.8 Å². The van der Waals surface area contributed by atoms with Gasteiger partial charge in [-0.1, -0.05) is 13.8 Å². The van der Waals surface area contributed by atoms with Crippen molar-refractivity contribution in [2.75, 3.05) is 13.2 Å². The lowest BCUT2D eigenvalue weighted by molar-refractivity contribution is -0.170. The minimum atomic E-state index is -0.935. The van der Waals surface area contributed by atoms with Crippen LogP contribution < -0.4 is 11.1 Å². The zero-order valence-corrected chi connectivity index (χ0v) is 15.9. The van der Waals surface area contributed by atoms with E-state index < -0.39 is 11.0 Å². The molecule has 1 aliphatic carbocycles. The number of hydrogen-bond acceptors (Lipinski definition) is 5. The van der Waals surface area contributed by atoms with Crippen LogP contribution in [0.5, 0.6) is 0 Å². The molecule has 1 heterocycles. The molecule has 1 aromatic heterocycles. The van der Waals surface area contributed by atoms with Crippen LogP contribution in [0.25, 0.3) is 11.5 Å². The summed E-state index contributed by atoms with van der Waals surface area (Å²) in [5, 5.41) is 2.90. The Kier molecular flexibility index (Phi) is 5.35. The molecule has 1 fully saturated rings. The topological polar surface area (TPSA) is 90.4 Å². The quantitative estimate of drug-likeness (QED) is 0.776. The molecule has 146 valence electrons. The highest BCUT2D eigenvalue weighted by molar-refractivity contribution is 5.88. The molecule has 1 aliphatic rings. The maximum absolute atomic E-state index is 13.0. The van der Waals surface area contributed by atoms with Gasteiger partial charge in [0, 0.05) is 37.0 Å². The second-order valence-corrected chi connectivity index (χ2v) is 7.50. The predicted octanol–water partition coefficient (Wildman–Crippen LogP) is 2.67. The van der Waals surface area contributed by atoms with E-state index in [2.05, 4.69) is 10.3 Å². The Bertz CT molecular complexity index is 803. The second kappa shape index (κ2) is 7.40. The van der Waals surface area contributed by atoms with Crippen molar-refractivity contribution in [2.24, 2.45) is 11.1 Å². The largest absolute Gasteiger partial charge is 0.444 e. The van der Waals surface area contributed by atoms with Gasteiger partial charge in [-0.25, -0.2) is 9.37 Å². The van der Waals surface area contributed by atoms with Gasteiger partial charge in [0.05, 0.1) is 11.8 Å². The van der Waals surface area contributed by atoms with E-state index in [0.717, 1.165) is 0 Å². The normalized spacial score (nSPS) is 23.7. The van der Waals surface area contributed by atoms with Crippen molar-refractivity contribution in [1.82, 2.24) is 10.3 Å². The predicted molar refractivity (Wildman–Crippen MR) is 99.3 cm³/mol. The molecule has 1 aromatic carbocycles. The summed E-state index contributed by atoms with van der Waals surface area (Å²) in [6.07, 6.45) is 2.56. The minimum Gasteiger partial charge on any atom is -0.444 e. The number of aromatic nitrogens is 1. The van der Waals surface area contributed by atoms with E-state index in [4.69, 9.17) is 14.9 Å². The Labute approximate surface area is 158 Å². The van der Waals surface area contributed by atoms with E-state index in [-0.39, 0.29) is 17.8 Å². The third-order valence-electron chi connectivity index (χ3n) is 5.54. The lowest BCUT2D eigenvalue weighted by Crippen LogP contribution is -2.75. The molecule has 2 unspecified atom stereocenters. The highest BCUT2D eigenvalue weighted by Crippen LogP contribution is 2.49. The minimum absolute atomic E-state index is 0.00735. The van der Waals surface area contributed by atoms with Crippen molar-refractivity contribution in [2.45, 2.75) is 45.3 Å². The van der Waals surface area contributed by atoms with E-state index in [0.29, 0.717) is 43.1 Å². The van der Waals surface area contributed by atoms with Crippen LogP contribution >= 0.6 is 0 Å². The first kappa shape index (κ1) is 19.5. The molecule has 7 heteroatoms. The first-order valence-electron chi connectivity index (χ1n) is 9.17. The van der Waals surface area contributed by atoms with Gasteiger partial charge in [0.25, 0.3) is 0 Å². The van der Waals surface area contributed by atoms with Crippen molar-refractivity contribution >= 4 is 5.91 Å². The fourth-order valence-corrected chi connectivity index (χ4v) is 3.43. The standard InChI is InChI=1S/C20H26FN3O3/c1-4-26-16-11-20(22,19(16,2)3)18(25)23-10-9-15-12-27-17(24-15)13-5-7-14(21)8-6-13/h5-8,12,16H,4,9-11,22H2,1-3H3,(H,23,25). The van der Waals surface area contributed by atoms with Gasteiger partial charge in [-0.2, -0.15) is 0 Å². The number of halogens is 1. The van der Waals surface area contributed by atoms with Crippen LogP contribution in [0.2, 0.25) is 0 Å². The first-order chi connectivity index (χ1) is 12.8. The number of benzene rings is 1. The SMILES string of the molecule is CCOC1CC(N)(C(=O)NCCc2coc(-c3ccc(F)cc3)n2)C1(C)C. The van der Waals surface area contributed by atoms with E-state index in [9.17, 15) is 9.18 Å². The molecule has 2 aromatic rings. The van der Waals surface area contributed by atoms with Crippen LogP contribution in [0, 0.1) is 11.2 Å². The number of amides is 1. The van der Waals surface area contributed by atoms with Crippen molar-refractivity contribution in [3.8, 4) is 11.5 Å². The molecule has 0 saturated heterocycles. The molecule has 0 bridgehead atoms. The monoisotopic (exact) mass is 375 g/mol. The Balaban J connectivity index is 1.53. The number of nitrogens with one attached hydrogen (secondary N) is 1. The lowest BCUT2D eigenvalue weighted by atomic mass is 9.54. The van der Waals surface area contributed by atoms with Crippen LogP contribution in [0.3, 0.4) is 0 Å². The zero-order valence-electron chi connectivity index (χ0n) is 15.9. The van der Waals surface area contributed by atoms with E-state index in [1.54, 1.807) is 18.4 Å². The molecule has 6 nitrogen and oxygen atoms in total. The summed E-state index contributed by atoms with van der Waals surface area (Å²) in [6, 6.07) is 5.93. The summed E-state index contributed by atoms with van der Waals surface area (Å²) in [7, 11) is 0. The number of rotatable bonds is 7. The average molecular weight is 375 g/mol. The number of carbonyl (C=O) groups is 1. The third-order valence-corrected chi connectivity index (χ3v) is 5.54. The number of hydrogen-bond donors (Lipinski definition) is 2. The van der Waals surface area contributed by atoms with Gasteiger partial charge in [-0.05, 0) is 31.2 Å². The average Bonchev–Trinajstić information content (AvgIpc) is 3.10. The van der Waals surface area contributed by atoms with Gasteiger partial charge in [-0.3, -0.25) is 4.79 Å². The van der Waals surface area contributed by atoms with Crippen molar-refractivity contribution in [1.29, 1.82) is 0 Å². The molecular weight excluding hydrogens is 349 g/mol. The molecule has 0 spiro atoms. The number of nitrogens with two attached hydrogens (primary N) is 1. The number of ether oxygens (including phenoxy) is 1. The Hall–Kier alpha value is -2.25. The summed E-state index contributed by atoms with van der Waals surface area (Å²) in [4.78, 5) is 17.0. The third kappa shape index (κ3) is 3.61. The summed E-state index contributed by atoms with van der Waals surface area (Å²) in [6.45, 7) is 6.87. The van der Waals surface area contributed by atoms with Crippen LogP contribution in [-0.2, 0) is 16.0 Å². The molecule has 1 saturated carbocycles. The summed E-state index contributed by atoms with van der Waals surface area (Å²) in [5.74, 6) is -0.0635. The summed E-state index contributed by atoms with van der Waals surface area (Å²) in [5.41, 5.74) is 6.41. The highest BCUT2D eigenvalue weighted by atomic mass is 19.1. The Morgan fingerprint density at radius 3 is 2.74 bits per heavy atom. The van der Waals surface area contributed by atoms with Crippen LogP contribution in [0.15, 0.2) is 34.9 Å². The van der Waals surface area contributed by atoms with Crippen molar-refractivity contribution < 1.29 is 18.3 Å². The fourth-order valence-electron chi connectivity index (χ4n) is 3.43. The fraction of sp³-hybridized carbons (Fsp3) is 0.500. The molecule has 0 radical (unpaired) electrons. The highest BCUT2D eigenvalue weighted by Gasteiger charge is 2.62. The van der Waals surface area contributed by atoms with E-state index >= 15 is 0 Å². The maximum atomic E-state index is 13.0. The Morgan fingerprint density at radius 2 is 2.11 bits per heavy atom. The molecular formula is C20H26FN3O3. The van der Waals surface area contributed by atoms with Gasteiger partial charge in [0.15, 0.2) is 0 Å². The molecule has 27 heavy (non-hydrogen) atoms. The molecule has 3 rings (SSSR count). The van der Waals surface area contributed by atoms with Gasteiger partial charge in [0.1, 0.15) is 17.6 Å². The molecule has 3 N–H and O–H groups in total. The van der Waals surface area contributed by atoms with E-state index in [1.165, 1.54) is 12.1 Å². The lowest BCUT2D eigenvalue weighted by Gasteiger charge is -2.57. The molecule has 2 atom stereocenters. The number of oxazole rings is 1. The maximum Gasteiger partial charge on any atom is 0.240 e. The number of nitrogens with zero attached hydrogens (tertiary/aromatic N) is 1. The summed E-state index contributed by atoms with van der Waals surface area (Å²) >= 11 is 0. The Morgan fingerprint density at radius 1 is 1.41 bits per heavy atom. The number of carbonyl (C=O) groups excluding carboxylic acids is 1. The van der Waals surface area contributed by atoms with Crippen LogP contribution in [0.1, 0.15) is 32.9 Å². The van der Waals surface area contributed by atoms with Gasteiger partial charge >= 0.3 is 0 Å². The van der Waals surface area contributed by atoms with Gasteiger partial charge < -0.3 is 20.2 Å². The van der Waals surface area contributed by atoms with Crippen LogP contribution in [0.4, 0.5) is 4.39 Å². The van der Waals surface area contributed by atoms with E-state index in [1.807, 2.05) is 20.8 Å². The molecule has 1 amide bonds. The van der Waals surface area contributed by atoms with Gasteiger partial charge in [-0.15, -0.1) is 0 Å².